The van der Waals surface area contributed by atoms with Gasteiger partial charge in [0.05, 0.1) is 0 Å². The SMILES string of the molecule is CNC(=O)[C@@H](C)N(Cc1ccc(F)cc1)C(=O)COc1ccccc1F. The molecule has 0 radical (unpaired) electrons. The summed E-state index contributed by atoms with van der Waals surface area (Å²) in [7, 11) is 1.47. The van der Waals surface area contributed by atoms with E-state index in [2.05, 4.69) is 5.32 Å². The van der Waals surface area contributed by atoms with Crippen LogP contribution in [0.25, 0.3) is 0 Å². The van der Waals surface area contributed by atoms with Crippen LogP contribution in [0, 0.1) is 11.6 Å². The van der Waals surface area contributed by atoms with E-state index < -0.39 is 30.2 Å². The highest BCUT2D eigenvalue weighted by molar-refractivity contribution is 5.87. The van der Waals surface area contributed by atoms with Crippen LogP contribution < -0.4 is 10.1 Å². The number of rotatable bonds is 7. The minimum atomic E-state index is -0.776. The number of hydrogen-bond donors (Lipinski definition) is 1. The van der Waals surface area contributed by atoms with Gasteiger partial charge in [0, 0.05) is 13.6 Å². The van der Waals surface area contributed by atoms with Gasteiger partial charge in [-0.15, -0.1) is 0 Å². The molecule has 0 aliphatic carbocycles. The maximum absolute atomic E-state index is 13.6. The van der Waals surface area contributed by atoms with E-state index in [1.807, 2.05) is 0 Å². The number of nitrogens with one attached hydrogen (secondary N) is 1. The number of ether oxygens (including phenoxy) is 1. The molecule has 138 valence electrons. The van der Waals surface area contributed by atoms with Crippen LogP contribution in [0.1, 0.15) is 12.5 Å². The van der Waals surface area contributed by atoms with Gasteiger partial charge in [0.15, 0.2) is 18.2 Å². The third kappa shape index (κ3) is 5.02. The van der Waals surface area contributed by atoms with Crippen LogP contribution in [0.4, 0.5) is 8.78 Å². The van der Waals surface area contributed by atoms with E-state index in [4.69, 9.17) is 4.74 Å². The van der Waals surface area contributed by atoms with Crippen LogP contribution in [0.2, 0.25) is 0 Å². The number of carbonyl (C=O) groups is 2. The summed E-state index contributed by atoms with van der Waals surface area (Å²) in [5.41, 5.74) is 0.654. The molecule has 0 saturated carbocycles. The Morgan fingerprint density at radius 3 is 2.38 bits per heavy atom. The topological polar surface area (TPSA) is 58.6 Å². The largest absolute Gasteiger partial charge is 0.481 e. The summed E-state index contributed by atoms with van der Waals surface area (Å²) in [5.74, 6) is -1.87. The second-order valence-corrected chi connectivity index (χ2v) is 5.66. The number of hydrogen-bond acceptors (Lipinski definition) is 3. The lowest BCUT2D eigenvalue weighted by Crippen LogP contribution is -2.48. The number of carbonyl (C=O) groups excluding carboxylic acids is 2. The first-order valence-electron chi connectivity index (χ1n) is 8.05. The summed E-state index contributed by atoms with van der Waals surface area (Å²) < 4.78 is 31.9. The fraction of sp³-hybridized carbons (Fsp3) is 0.263. The summed E-state index contributed by atoms with van der Waals surface area (Å²) in [6.07, 6.45) is 0. The van der Waals surface area contributed by atoms with E-state index in [9.17, 15) is 18.4 Å². The highest BCUT2D eigenvalue weighted by Gasteiger charge is 2.26. The Kier molecular flexibility index (Phi) is 6.66. The van der Waals surface area contributed by atoms with Gasteiger partial charge in [0.25, 0.3) is 5.91 Å². The standard InChI is InChI=1S/C19H20F2N2O3/c1-13(19(25)22-2)23(11-14-7-9-15(20)10-8-14)18(24)12-26-17-6-4-3-5-16(17)21/h3-10,13H,11-12H2,1-2H3,(H,22,25)/t13-/m1/s1. The maximum Gasteiger partial charge on any atom is 0.261 e. The number of amides is 2. The molecule has 0 aliphatic heterocycles. The molecule has 7 heteroatoms. The van der Waals surface area contributed by atoms with Crippen LogP contribution >= 0.6 is 0 Å². The monoisotopic (exact) mass is 362 g/mol. The minimum Gasteiger partial charge on any atom is -0.481 e. The lowest BCUT2D eigenvalue weighted by atomic mass is 10.1. The molecule has 0 aromatic heterocycles. The van der Waals surface area contributed by atoms with E-state index in [1.54, 1.807) is 13.0 Å². The Morgan fingerprint density at radius 1 is 1.12 bits per heavy atom. The summed E-state index contributed by atoms with van der Waals surface area (Å²) in [6.45, 7) is 1.24. The number of nitrogens with zero attached hydrogens (tertiary/aromatic N) is 1. The molecule has 0 heterocycles. The van der Waals surface area contributed by atoms with Crippen LogP contribution in [0.5, 0.6) is 5.75 Å². The Bertz CT molecular complexity index is 766. The van der Waals surface area contributed by atoms with Crippen LogP contribution in [0.3, 0.4) is 0 Å². The van der Waals surface area contributed by atoms with Gasteiger partial charge in [-0.2, -0.15) is 0 Å². The molecule has 0 unspecified atom stereocenters. The average molecular weight is 362 g/mol. The van der Waals surface area contributed by atoms with Crippen molar-refractivity contribution < 1.29 is 23.1 Å². The fourth-order valence-corrected chi connectivity index (χ4v) is 2.36. The number of likely N-dealkylation sites (N-methyl/N-ethyl adjacent to an activating group) is 1. The van der Waals surface area contributed by atoms with Gasteiger partial charge in [-0.25, -0.2) is 8.78 Å². The Balaban J connectivity index is 2.13. The van der Waals surface area contributed by atoms with Crippen LogP contribution in [-0.4, -0.2) is 36.4 Å². The first kappa shape index (κ1) is 19.4. The molecule has 26 heavy (non-hydrogen) atoms. The van der Waals surface area contributed by atoms with E-state index in [0.29, 0.717) is 5.56 Å². The zero-order valence-corrected chi connectivity index (χ0v) is 14.5. The van der Waals surface area contributed by atoms with Crippen molar-refractivity contribution in [2.75, 3.05) is 13.7 Å². The first-order valence-corrected chi connectivity index (χ1v) is 8.05. The van der Waals surface area contributed by atoms with E-state index in [-0.39, 0.29) is 18.2 Å². The molecular weight excluding hydrogens is 342 g/mol. The highest BCUT2D eigenvalue weighted by atomic mass is 19.1. The van der Waals surface area contributed by atoms with Gasteiger partial charge in [0.2, 0.25) is 5.91 Å². The molecular formula is C19H20F2N2O3. The van der Waals surface area contributed by atoms with Crippen molar-refractivity contribution in [3.63, 3.8) is 0 Å². The zero-order valence-electron chi connectivity index (χ0n) is 14.5. The summed E-state index contributed by atoms with van der Waals surface area (Å²) in [6, 6.07) is 10.6. The van der Waals surface area contributed by atoms with Gasteiger partial charge in [-0.1, -0.05) is 24.3 Å². The Hall–Kier alpha value is -2.96. The van der Waals surface area contributed by atoms with Crippen molar-refractivity contribution in [3.8, 4) is 5.75 Å². The molecule has 2 aromatic carbocycles. The van der Waals surface area contributed by atoms with Gasteiger partial charge < -0.3 is 15.0 Å². The second-order valence-electron chi connectivity index (χ2n) is 5.66. The third-order valence-electron chi connectivity index (χ3n) is 3.87. The predicted molar refractivity (Wildman–Crippen MR) is 92.4 cm³/mol. The summed E-state index contributed by atoms with van der Waals surface area (Å²) in [4.78, 5) is 25.8. The van der Waals surface area contributed by atoms with Gasteiger partial charge in [-0.3, -0.25) is 9.59 Å². The summed E-state index contributed by atoms with van der Waals surface area (Å²) >= 11 is 0. The van der Waals surface area contributed by atoms with E-state index >= 15 is 0 Å². The fourth-order valence-electron chi connectivity index (χ4n) is 2.36. The molecule has 0 bridgehead atoms. The maximum atomic E-state index is 13.6. The van der Waals surface area contributed by atoms with Gasteiger partial charge in [0.1, 0.15) is 11.9 Å². The molecule has 2 rings (SSSR count). The van der Waals surface area contributed by atoms with Crippen molar-refractivity contribution in [2.45, 2.75) is 19.5 Å². The number of benzene rings is 2. The van der Waals surface area contributed by atoms with Gasteiger partial charge >= 0.3 is 0 Å². The van der Waals surface area contributed by atoms with Crippen molar-refractivity contribution in [1.82, 2.24) is 10.2 Å². The Labute approximate surface area is 150 Å². The van der Waals surface area contributed by atoms with E-state index in [0.717, 1.165) is 0 Å². The normalized spacial score (nSPS) is 11.5. The van der Waals surface area contributed by atoms with Crippen LogP contribution in [0.15, 0.2) is 48.5 Å². The zero-order chi connectivity index (χ0) is 19.1. The van der Waals surface area contributed by atoms with Crippen molar-refractivity contribution in [2.24, 2.45) is 0 Å². The first-order chi connectivity index (χ1) is 12.4. The molecule has 0 saturated heterocycles. The molecule has 1 N–H and O–H groups in total. The molecule has 0 aliphatic rings. The van der Waals surface area contributed by atoms with Crippen molar-refractivity contribution >= 4 is 11.8 Å². The van der Waals surface area contributed by atoms with Crippen LogP contribution in [-0.2, 0) is 16.1 Å². The smallest absolute Gasteiger partial charge is 0.261 e. The predicted octanol–water partition coefficient (Wildman–Crippen LogP) is 2.51. The summed E-state index contributed by atoms with van der Waals surface area (Å²) in [5, 5.41) is 2.48. The third-order valence-corrected chi connectivity index (χ3v) is 3.87. The second kappa shape index (κ2) is 8.94. The molecule has 0 spiro atoms. The van der Waals surface area contributed by atoms with Crippen molar-refractivity contribution in [3.05, 3.63) is 65.7 Å². The van der Waals surface area contributed by atoms with Crippen molar-refractivity contribution in [1.29, 1.82) is 0 Å². The quantitative estimate of drug-likeness (QED) is 0.823. The molecule has 5 nitrogen and oxygen atoms in total. The number of halogens is 2. The lowest BCUT2D eigenvalue weighted by Gasteiger charge is -2.28. The molecule has 0 fully saturated rings. The van der Waals surface area contributed by atoms with Gasteiger partial charge in [-0.05, 0) is 36.8 Å². The van der Waals surface area contributed by atoms with E-state index in [1.165, 1.54) is 54.4 Å². The minimum absolute atomic E-state index is 0.0461. The average Bonchev–Trinajstić information content (AvgIpc) is 2.65. The Morgan fingerprint density at radius 2 is 1.77 bits per heavy atom. The molecule has 2 aromatic rings. The number of para-hydroxylation sites is 1. The molecule has 1 atom stereocenters. The lowest BCUT2D eigenvalue weighted by molar-refractivity contribution is -0.142. The molecule has 2 amide bonds. The highest BCUT2D eigenvalue weighted by Crippen LogP contribution is 2.16.